The van der Waals surface area contributed by atoms with Gasteiger partial charge < -0.3 is 14.9 Å². The molecular weight excluding hydrogens is 488 g/mol. The smallest absolute Gasteiger partial charge is 0.344 e. The zero-order valence-corrected chi connectivity index (χ0v) is 23.6. The number of carboxylic acids is 1. The Hall–Kier alpha value is -3.34. The Labute approximate surface area is 233 Å². The van der Waals surface area contributed by atoms with E-state index >= 15 is 0 Å². The van der Waals surface area contributed by atoms with Crippen LogP contribution < -0.4 is 4.74 Å². The van der Waals surface area contributed by atoms with E-state index in [2.05, 4.69) is 13.8 Å². The van der Waals surface area contributed by atoms with Crippen LogP contribution in [0.25, 0.3) is 10.8 Å². The Morgan fingerprint density at radius 1 is 0.667 bits per heavy atom. The van der Waals surface area contributed by atoms with Crippen molar-refractivity contribution in [1.82, 2.24) is 0 Å². The molecule has 5 nitrogen and oxygen atoms in total. The first kappa shape index (κ1) is 30.2. The predicted molar refractivity (Wildman–Crippen MR) is 158 cm³/mol. The number of benzene rings is 3. The fourth-order valence-electron chi connectivity index (χ4n) is 5.30. The minimum absolute atomic E-state index is 0.0125. The average Bonchev–Trinajstić information content (AvgIpc) is 2.92. The van der Waals surface area contributed by atoms with Gasteiger partial charge in [0.2, 0.25) is 0 Å². The van der Waals surface area contributed by atoms with Gasteiger partial charge in [-0.05, 0) is 54.3 Å². The highest BCUT2D eigenvalue weighted by molar-refractivity contribution is 6.06. The van der Waals surface area contributed by atoms with Crippen LogP contribution in [-0.2, 0) is 12.8 Å². The molecule has 3 aromatic rings. The molecule has 0 aliphatic rings. The molecule has 210 valence electrons. The summed E-state index contributed by atoms with van der Waals surface area (Å²) in [5, 5.41) is 21.9. The number of phenols is 1. The Morgan fingerprint density at radius 3 is 1.74 bits per heavy atom. The van der Waals surface area contributed by atoms with E-state index in [9.17, 15) is 19.8 Å². The zero-order valence-electron chi connectivity index (χ0n) is 23.6. The minimum Gasteiger partial charge on any atom is -0.507 e. The Bertz CT molecular complexity index is 1220. The van der Waals surface area contributed by atoms with E-state index in [4.69, 9.17) is 4.74 Å². The standard InChI is InChI=1S/C34H44O5/c1-3-5-7-9-11-13-17-26-23-24-27(18-14-12-10-8-6-4-2)32(31(26)33(36)37)34(38)39-29-22-16-20-25-19-15-21-28(35)30(25)29/h15-16,19-24,35H,3-14,17-18H2,1-2H3,(H,36,37). The molecule has 0 unspecified atom stereocenters. The van der Waals surface area contributed by atoms with Crippen LogP contribution in [0.5, 0.6) is 11.5 Å². The van der Waals surface area contributed by atoms with Crippen LogP contribution >= 0.6 is 0 Å². The quantitative estimate of drug-likeness (QED) is 0.103. The van der Waals surface area contributed by atoms with E-state index in [1.807, 2.05) is 24.3 Å². The fourth-order valence-corrected chi connectivity index (χ4v) is 5.30. The number of aromatic hydroxyl groups is 1. The number of carbonyl (C=O) groups is 2. The third-order valence-corrected chi connectivity index (χ3v) is 7.44. The number of hydrogen-bond acceptors (Lipinski definition) is 4. The Kier molecular flexibility index (Phi) is 12.3. The lowest BCUT2D eigenvalue weighted by molar-refractivity contribution is 0.0666. The van der Waals surface area contributed by atoms with Gasteiger partial charge >= 0.3 is 11.9 Å². The molecule has 0 heterocycles. The molecule has 3 rings (SSSR count). The van der Waals surface area contributed by atoms with Crippen molar-refractivity contribution in [2.24, 2.45) is 0 Å². The Morgan fingerprint density at radius 2 is 1.18 bits per heavy atom. The predicted octanol–water partition coefficient (Wildman–Crippen LogP) is 9.27. The van der Waals surface area contributed by atoms with Crippen LogP contribution in [0.4, 0.5) is 0 Å². The number of ether oxygens (including phenoxy) is 1. The van der Waals surface area contributed by atoms with Gasteiger partial charge in [-0.2, -0.15) is 0 Å². The van der Waals surface area contributed by atoms with Gasteiger partial charge in [0.1, 0.15) is 11.5 Å². The van der Waals surface area contributed by atoms with Crippen molar-refractivity contribution >= 4 is 22.7 Å². The number of aryl methyl sites for hydroxylation is 2. The van der Waals surface area contributed by atoms with Gasteiger partial charge in [0.05, 0.1) is 16.5 Å². The summed E-state index contributed by atoms with van der Waals surface area (Å²) < 4.78 is 5.85. The summed E-state index contributed by atoms with van der Waals surface area (Å²) in [5.41, 5.74) is 1.59. The highest BCUT2D eigenvalue weighted by Crippen LogP contribution is 2.34. The number of rotatable bonds is 17. The van der Waals surface area contributed by atoms with Gasteiger partial charge in [-0.15, -0.1) is 0 Å². The molecule has 0 atom stereocenters. The van der Waals surface area contributed by atoms with Gasteiger partial charge in [0.25, 0.3) is 0 Å². The first-order chi connectivity index (χ1) is 19.0. The number of carboxylic acid groups (broad SMARTS) is 1. The molecule has 0 radical (unpaired) electrons. The second-order valence-corrected chi connectivity index (χ2v) is 10.5. The van der Waals surface area contributed by atoms with Crippen molar-refractivity contribution < 1.29 is 24.5 Å². The van der Waals surface area contributed by atoms with E-state index in [0.29, 0.717) is 29.4 Å². The maximum atomic E-state index is 13.7. The summed E-state index contributed by atoms with van der Waals surface area (Å²) in [7, 11) is 0. The number of esters is 1. The van der Waals surface area contributed by atoms with Gasteiger partial charge in [0, 0.05) is 0 Å². The fraction of sp³-hybridized carbons (Fsp3) is 0.471. The number of unbranched alkanes of at least 4 members (excludes halogenated alkanes) is 10. The van der Waals surface area contributed by atoms with E-state index in [-0.39, 0.29) is 22.6 Å². The lowest BCUT2D eigenvalue weighted by Gasteiger charge is -2.17. The summed E-state index contributed by atoms with van der Waals surface area (Å²) in [6.45, 7) is 4.37. The van der Waals surface area contributed by atoms with Crippen LogP contribution in [0, 0.1) is 0 Å². The summed E-state index contributed by atoms with van der Waals surface area (Å²) in [4.78, 5) is 26.3. The first-order valence-corrected chi connectivity index (χ1v) is 14.8. The number of phenolic OH excluding ortho intramolecular Hbond substituents is 1. The summed E-state index contributed by atoms with van der Waals surface area (Å²) in [5.74, 6) is -1.56. The van der Waals surface area contributed by atoms with Gasteiger partial charge in [-0.25, -0.2) is 9.59 Å². The van der Waals surface area contributed by atoms with Crippen molar-refractivity contribution in [3.05, 3.63) is 70.8 Å². The molecular formula is C34H44O5. The maximum absolute atomic E-state index is 13.7. The monoisotopic (exact) mass is 532 g/mol. The second-order valence-electron chi connectivity index (χ2n) is 10.5. The summed E-state index contributed by atoms with van der Waals surface area (Å²) >= 11 is 0. The average molecular weight is 533 g/mol. The summed E-state index contributed by atoms with van der Waals surface area (Å²) in [6.07, 6.45) is 14.5. The molecule has 39 heavy (non-hydrogen) atoms. The van der Waals surface area contributed by atoms with Crippen molar-refractivity contribution in [2.75, 3.05) is 0 Å². The Balaban J connectivity index is 1.91. The normalized spacial score (nSPS) is 11.1. The van der Waals surface area contributed by atoms with Gasteiger partial charge in [-0.3, -0.25) is 0 Å². The maximum Gasteiger partial charge on any atom is 0.344 e. The highest BCUT2D eigenvalue weighted by Gasteiger charge is 2.26. The van der Waals surface area contributed by atoms with Crippen molar-refractivity contribution in [1.29, 1.82) is 0 Å². The molecule has 0 amide bonds. The molecule has 0 saturated carbocycles. The molecule has 0 aliphatic carbocycles. The summed E-state index contributed by atoms with van der Waals surface area (Å²) in [6, 6.07) is 14.1. The van der Waals surface area contributed by atoms with Gasteiger partial charge in [0.15, 0.2) is 0 Å². The SMILES string of the molecule is CCCCCCCCc1ccc(CCCCCCCC)c(C(=O)Oc2cccc3cccc(O)c23)c1C(=O)O. The largest absolute Gasteiger partial charge is 0.507 e. The van der Waals surface area contributed by atoms with Gasteiger partial charge in [-0.1, -0.05) is 114 Å². The van der Waals surface area contributed by atoms with Crippen molar-refractivity contribution in [3.63, 3.8) is 0 Å². The van der Waals surface area contributed by atoms with Crippen molar-refractivity contribution in [3.8, 4) is 11.5 Å². The van der Waals surface area contributed by atoms with Crippen molar-refractivity contribution in [2.45, 2.75) is 104 Å². The first-order valence-electron chi connectivity index (χ1n) is 14.8. The van der Waals surface area contributed by atoms with E-state index < -0.39 is 11.9 Å². The molecule has 0 bridgehead atoms. The molecule has 0 aromatic heterocycles. The highest BCUT2D eigenvalue weighted by atomic mass is 16.5. The zero-order chi connectivity index (χ0) is 28.0. The molecule has 2 N–H and O–H groups in total. The van der Waals surface area contributed by atoms with Crippen LogP contribution in [0.15, 0.2) is 48.5 Å². The molecule has 0 fully saturated rings. The number of hydrogen-bond donors (Lipinski definition) is 2. The third kappa shape index (κ3) is 8.58. The molecule has 0 spiro atoms. The lowest BCUT2D eigenvalue weighted by Crippen LogP contribution is -2.19. The molecule has 0 saturated heterocycles. The molecule has 5 heteroatoms. The second kappa shape index (κ2) is 15.9. The van der Waals surface area contributed by atoms with E-state index in [1.165, 1.54) is 38.5 Å². The van der Waals surface area contributed by atoms with E-state index in [1.54, 1.807) is 24.3 Å². The minimum atomic E-state index is -1.10. The molecule has 0 aliphatic heterocycles. The lowest BCUT2D eigenvalue weighted by atomic mass is 9.90. The molecule has 3 aromatic carbocycles. The number of carbonyl (C=O) groups excluding carboxylic acids is 1. The topological polar surface area (TPSA) is 83.8 Å². The van der Waals surface area contributed by atoms with Crippen LogP contribution in [0.3, 0.4) is 0 Å². The van der Waals surface area contributed by atoms with Crippen LogP contribution in [-0.4, -0.2) is 22.2 Å². The van der Waals surface area contributed by atoms with Crippen LogP contribution in [0.1, 0.15) is 123 Å². The third-order valence-electron chi connectivity index (χ3n) is 7.44. The van der Waals surface area contributed by atoms with E-state index in [0.717, 1.165) is 43.9 Å². The number of fused-ring (bicyclic) bond motifs is 1. The number of aromatic carboxylic acids is 1. The van der Waals surface area contributed by atoms with Crippen LogP contribution in [0.2, 0.25) is 0 Å².